The number of hydrogen-bond acceptors (Lipinski definition) is 5. The maximum atomic E-state index is 15.1. The average Bonchev–Trinajstić information content (AvgIpc) is 2.88. The van der Waals surface area contributed by atoms with Crippen LogP contribution in [0, 0.1) is 19.7 Å². The predicted molar refractivity (Wildman–Crippen MR) is 156 cm³/mol. The van der Waals surface area contributed by atoms with Crippen molar-refractivity contribution in [3.05, 3.63) is 82.3 Å². The van der Waals surface area contributed by atoms with Gasteiger partial charge in [0.05, 0.1) is 16.3 Å². The lowest BCUT2D eigenvalue weighted by Gasteiger charge is -2.26. The minimum absolute atomic E-state index is 0.0741. The first-order chi connectivity index (χ1) is 18.6. The molecule has 1 heterocycles. The van der Waals surface area contributed by atoms with Gasteiger partial charge in [-0.25, -0.2) is 9.37 Å². The van der Waals surface area contributed by atoms with Crippen molar-refractivity contribution in [2.45, 2.75) is 84.0 Å². The number of anilines is 1. The highest BCUT2D eigenvalue weighted by Gasteiger charge is 2.14. The van der Waals surface area contributed by atoms with Gasteiger partial charge in [-0.15, -0.1) is 0 Å². The summed E-state index contributed by atoms with van der Waals surface area (Å²) in [6.45, 7) is 9.70. The van der Waals surface area contributed by atoms with E-state index in [1.54, 1.807) is 32.0 Å². The Balaban J connectivity index is 0.000000446. The predicted octanol–water partition coefficient (Wildman–Crippen LogP) is 6.89. The molecule has 214 valence electrons. The van der Waals surface area contributed by atoms with Gasteiger partial charge in [0.15, 0.2) is 0 Å². The Morgan fingerprint density at radius 2 is 1.46 bits per heavy atom. The van der Waals surface area contributed by atoms with Crippen LogP contribution >= 0.6 is 0 Å². The number of aryl methyl sites for hydroxylation is 2. The fraction of sp³-hybridized carbons (Fsp3) is 0.467. The molecule has 0 spiro atoms. The molecule has 3 aromatic rings. The number of aromatic nitrogens is 2. The lowest BCUT2D eigenvalue weighted by Crippen LogP contribution is -2.27. The zero-order valence-corrected chi connectivity index (χ0v) is 24.4. The van der Waals surface area contributed by atoms with E-state index in [1.165, 1.54) is 67.4 Å². The van der Waals surface area contributed by atoms with E-state index in [0.717, 1.165) is 25.9 Å². The van der Waals surface area contributed by atoms with E-state index in [1.807, 2.05) is 12.1 Å². The van der Waals surface area contributed by atoms with E-state index in [4.69, 9.17) is 4.55 Å². The van der Waals surface area contributed by atoms with E-state index in [2.05, 4.69) is 23.7 Å². The first kappa shape index (κ1) is 32.2. The first-order valence-corrected chi connectivity index (χ1v) is 15.2. The molecule has 0 aliphatic carbocycles. The van der Waals surface area contributed by atoms with Crippen LogP contribution in [0.4, 0.5) is 10.1 Å². The van der Waals surface area contributed by atoms with Crippen molar-refractivity contribution >= 4 is 15.8 Å². The molecule has 0 aliphatic rings. The Labute approximate surface area is 232 Å². The molecule has 0 radical (unpaired) electrons. The van der Waals surface area contributed by atoms with Gasteiger partial charge in [0.2, 0.25) is 0 Å². The molecule has 0 unspecified atom stereocenters. The molecule has 0 bridgehead atoms. The standard InChI is InChI=1S/C24H36FN3O.C6H6O3S/c1-5-7-9-11-15-27(16-12-10-8-6-2)23-14-13-21(18-22(23)25)28-20(4)26-19(3)17-24(28)29;7-10(8,9)6-4-2-1-3-5-6/h13-14,17-18H,5-12,15-16H2,1-4H3;1-5H,(H,7,8,9). The maximum Gasteiger partial charge on any atom is 0.294 e. The maximum absolute atomic E-state index is 15.1. The highest BCUT2D eigenvalue weighted by Crippen LogP contribution is 2.24. The molecule has 1 N–H and O–H groups in total. The zero-order valence-electron chi connectivity index (χ0n) is 23.6. The van der Waals surface area contributed by atoms with Gasteiger partial charge in [-0.1, -0.05) is 70.6 Å². The molecule has 0 saturated carbocycles. The molecule has 39 heavy (non-hydrogen) atoms. The van der Waals surface area contributed by atoms with Gasteiger partial charge in [-0.05, 0) is 51.0 Å². The van der Waals surface area contributed by atoms with Crippen molar-refractivity contribution in [1.29, 1.82) is 0 Å². The van der Waals surface area contributed by atoms with Crippen LogP contribution < -0.4 is 10.5 Å². The third-order valence-corrected chi connectivity index (χ3v) is 7.22. The molecule has 9 heteroatoms. The van der Waals surface area contributed by atoms with Crippen LogP contribution in [0.15, 0.2) is 64.3 Å². The van der Waals surface area contributed by atoms with Crippen LogP contribution in [0.5, 0.6) is 0 Å². The second kappa shape index (κ2) is 16.2. The Morgan fingerprint density at radius 3 is 1.92 bits per heavy atom. The van der Waals surface area contributed by atoms with Gasteiger partial charge in [0.25, 0.3) is 15.7 Å². The average molecular weight is 560 g/mol. The molecule has 0 fully saturated rings. The van der Waals surface area contributed by atoms with Crippen molar-refractivity contribution in [2.24, 2.45) is 0 Å². The van der Waals surface area contributed by atoms with Crippen molar-refractivity contribution < 1.29 is 17.4 Å². The molecule has 1 aromatic heterocycles. The van der Waals surface area contributed by atoms with Gasteiger partial charge in [0.1, 0.15) is 11.6 Å². The van der Waals surface area contributed by atoms with E-state index < -0.39 is 10.1 Å². The summed E-state index contributed by atoms with van der Waals surface area (Å²) in [6, 6.07) is 14.0. The molecule has 0 atom stereocenters. The number of benzene rings is 2. The van der Waals surface area contributed by atoms with Gasteiger partial charge < -0.3 is 4.90 Å². The van der Waals surface area contributed by atoms with E-state index in [9.17, 15) is 13.2 Å². The minimum Gasteiger partial charge on any atom is -0.369 e. The number of nitrogens with zero attached hydrogens (tertiary/aromatic N) is 3. The van der Waals surface area contributed by atoms with E-state index in [-0.39, 0.29) is 16.3 Å². The lowest BCUT2D eigenvalue weighted by atomic mass is 10.1. The summed E-state index contributed by atoms with van der Waals surface area (Å²) in [4.78, 5) is 18.8. The SMILES string of the molecule is CCCCCCN(CCCCCC)c1ccc(-n2c(C)nc(C)cc2=O)cc1F.O=S(=O)(O)c1ccccc1. The summed E-state index contributed by atoms with van der Waals surface area (Å²) in [5, 5.41) is 0. The number of halogens is 1. The molecule has 0 amide bonds. The van der Waals surface area contributed by atoms with E-state index >= 15 is 4.39 Å². The van der Waals surface area contributed by atoms with Crippen LogP contribution in [0.25, 0.3) is 5.69 Å². The zero-order chi connectivity index (χ0) is 28.8. The van der Waals surface area contributed by atoms with Gasteiger partial charge >= 0.3 is 0 Å². The molecular weight excluding hydrogens is 517 g/mol. The van der Waals surface area contributed by atoms with E-state index in [0.29, 0.717) is 22.9 Å². The Kier molecular flexibility index (Phi) is 13.3. The van der Waals surface area contributed by atoms with Crippen LogP contribution in [-0.4, -0.2) is 35.6 Å². The highest BCUT2D eigenvalue weighted by atomic mass is 32.2. The monoisotopic (exact) mass is 559 g/mol. The second-order valence-electron chi connectivity index (χ2n) is 9.65. The fourth-order valence-electron chi connectivity index (χ4n) is 4.35. The van der Waals surface area contributed by atoms with Crippen LogP contribution in [0.2, 0.25) is 0 Å². The number of hydrogen-bond donors (Lipinski definition) is 1. The van der Waals surface area contributed by atoms with Crippen molar-refractivity contribution in [3.63, 3.8) is 0 Å². The summed E-state index contributed by atoms with van der Waals surface area (Å²) < 4.78 is 45.8. The summed E-state index contributed by atoms with van der Waals surface area (Å²) >= 11 is 0. The van der Waals surface area contributed by atoms with Crippen LogP contribution in [-0.2, 0) is 10.1 Å². The molecule has 0 saturated heterocycles. The molecule has 2 aromatic carbocycles. The number of rotatable bonds is 13. The Hall–Kier alpha value is -3.04. The number of unbranched alkanes of at least 4 members (excludes halogenated alkanes) is 6. The van der Waals surface area contributed by atoms with Gasteiger partial charge in [0, 0.05) is 30.9 Å². The largest absolute Gasteiger partial charge is 0.369 e. The van der Waals surface area contributed by atoms with Gasteiger partial charge in [-0.2, -0.15) is 8.42 Å². The first-order valence-electron chi connectivity index (χ1n) is 13.7. The van der Waals surface area contributed by atoms with Crippen LogP contribution in [0.3, 0.4) is 0 Å². The normalized spacial score (nSPS) is 11.1. The fourth-order valence-corrected chi connectivity index (χ4v) is 4.85. The third kappa shape index (κ3) is 10.6. The molecule has 0 aliphatic heterocycles. The quantitative estimate of drug-likeness (QED) is 0.181. The smallest absolute Gasteiger partial charge is 0.294 e. The molecule has 7 nitrogen and oxygen atoms in total. The van der Waals surface area contributed by atoms with Gasteiger partial charge in [-0.3, -0.25) is 13.9 Å². The van der Waals surface area contributed by atoms with Crippen LogP contribution in [0.1, 0.15) is 76.7 Å². The lowest BCUT2D eigenvalue weighted by molar-refractivity contribution is 0.483. The highest BCUT2D eigenvalue weighted by molar-refractivity contribution is 7.85. The Morgan fingerprint density at radius 1 is 0.872 bits per heavy atom. The molecule has 3 rings (SSSR count). The Bertz CT molecular complexity index is 1320. The molecular formula is C30H42FN3O4S. The van der Waals surface area contributed by atoms with Crippen molar-refractivity contribution in [3.8, 4) is 5.69 Å². The summed E-state index contributed by atoms with van der Waals surface area (Å²) in [6.07, 6.45) is 9.31. The minimum atomic E-state index is -4.00. The third-order valence-electron chi connectivity index (χ3n) is 6.35. The van der Waals surface area contributed by atoms with Crippen molar-refractivity contribution in [2.75, 3.05) is 18.0 Å². The summed E-state index contributed by atoms with van der Waals surface area (Å²) in [5.41, 5.74) is 1.65. The summed E-state index contributed by atoms with van der Waals surface area (Å²) in [5.74, 6) is 0.290. The topological polar surface area (TPSA) is 92.5 Å². The summed E-state index contributed by atoms with van der Waals surface area (Å²) in [7, 11) is -4.00. The van der Waals surface area contributed by atoms with Crippen molar-refractivity contribution in [1.82, 2.24) is 9.55 Å². The second-order valence-corrected chi connectivity index (χ2v) is 11.1.